The lowest BCUT2D eigenvalue weighted by Gasteiger charge is -2.14. The van der Waals surface area contributed by atoms with Crippen molar-refractivity contribution in [2.75, 3.05) is 6.54 Å². The zero-order valence-corrected chi connectivity index (χ0v) is 9.90. The fraction of sp³-hybridized carbons (Fsp3) is 0.286. The maximum atomic E-state index is 5.65. The summed E-state index contributed by atoms with van der Waals surface area (Å²) in [5.41, 5.74) is 10.8. The number of nitrogens with two attached hydrogens (primary N) is 1. The third-order valence-electron chi connectivity index (χ3n) is 2.92. The second kappa shape index (κ2) is 4.54. The highest BCUT2D eigenvalue weighted by molar-refractivity contribution is 5.44. The summed E-state index contributed by atoms with van der Waals surface area (Å²) in [7, 11) is 0. The number of benzene rings is 1. The second-order valence-corrected chi connectivity index (χ2v) is 4.12. The highest BCUT2D eigenvalue weighted by Crippen LogP contribution is 2.20. The molecule has 0 spiro atoms. The van der Waals surface area contributed by atoms with Crippen LogP contribution in [0.15, 0.2) is 36.4 Å². The summed E-state index contributed by atoms with van der Waals surface area (Å²) < 4.78 is 2.28. The molecule has 2 nitrogen and oxygen atoms in total. The molecule has 0 saturated carbocycles. The van der Waals surface area contributed by atoms with Gasteiger partial charge in [0.2, 0.25) is 0 Å². The van der Waals surface area contributed by atoms with Crippen molar-refractivity contribution in [1.82, 2.24) is 4.57 Å². The van der Waals surface area contributed by atoms with E-state index >= 15 is 0 Å². The van der Waals surface area contributed by atoms with Crippen molar-refractivity contribution in [3.05, 3.63) is 53.3 Å². The van der Waals surface area contributed by atoms with Gasteiger partial charge in [-0.2, -0.15) is 0 Å². The van der Waals surface area contributed by atoms with Crippen molar-refractivity contribution in [1.29, 1.82) is 0 Å². The first-order valence-electron chi connectivity index (χ1n) is 5.67. The molecule has 2 rings (SSSR count). The van der Waals surface area contributed by atoms with E-state index in [1.165, 1.54) is 22.6 Å². The Labute approximate surface area is 96.7 Å². The minimum atomic E-state index is 0.691. The number of para-hydroxylation sites is 1. The van der Waals surface area contributed by atoms with Crippen LogP contribution in [0.3, 0.4) is 0 Å². The van der Waals surface area contributed by atoms with Crippen LogP contribution in [0, 0.1) is 13.8 Å². The number of nitrogens with zero attached hydrogens (tertiary/aromatic N) is 1. The van der Waals surface area contributed by atoms with Gasteiger partial charge in [0.25, 0.3) is 0 Å². The molecule has 0 aliphatic carbocycles. The lowest BCUT2D eigenvalue weighted by Crippen LogP contribution is -2.08. The topological polar surface area (TPSA) is 30.9 Å². The third kappa shape index (κ3) is 1.89. The molecule has 0 unspecified atom stereocenters. The van der Waals surface area contributed by atoms with Crippen LogP contribution >= 0.6 is 0 Å². The van der Waals surface area contributed by atoms with Crippen molar-refractivity contribution in [2.24, 2.45) is 5.73 Å². The predicted octanol–water partition coefficient (Wildman–Crippen LogP) is 2.60. The zero-order chi connectivity index (χ0) is 11.5. The monoisotopic (exact) mass is 214 g/mol. The lowest BCUT2D eigenvalue weighted by atomic mass is 10.1. The normalized spacial score (nSPS) is 10.7. The molecule has 84 valence electrons. The van der Waals surface area contributed by atoms with Gasteiger partial charge >= 0.3 is 0 Å². The van der Waals surface area contributed by atoms with Crippen molar-refractivity contribution < 1.29 is 0 Å². The molecule has 0 radical (unpaired) electrons. The minimum Gasteiger partial charge on any atom is -0.330 e. The number of hydrogen-bond donors (Lipinski definition) is 1. The highest BCUT2D eigenvalue weighted by atomic mass is 15.0. The Balaban J connectivity index is 2.55. The van der Waals surface area contributed by atoms with Crippen LogP contribution < -0.4 is 5.73 Å². The molecule has 2 aromatic rings. The Kier molecular flexibility index (Phi) is 3.11. The summed E-state index contributed by atoms with van der Waals surface area (Å²) in [6.07, 6.45) is 0.924. The minimum absolute atomic E-state index is 0.691. The molecular weight excluding hydrogens is 196 g/mol. The quantitative estimate of drug-likeness (QED) is 0.836. The molecule has 2 N–H and O–H groups in total. The standard InChI is InChI=1S/C14H18N2/c1-11-7-8-12(2)16(11)14-6-4-3-5-13(14)9-10-15/h3-8H,9-10,15H2,1-2H3. The van der Waals surface area contributed by atoms with Gasteiger partial charge in [-0.05, 0) is 50.6 Å². The lowest BCUT2D eigenvalue weighted by molar-refractivity contribution is 0.906. The first-order chi connectivity index (χ1) is 7.74. The average Bonchev–Trinajstić information content (AvgIpc) is 2.60. The Morgan fingerprint density at radius 2 is 1.62 bits per heavy atom. The summed E-state index contributed by atoms with van der Waals surface area (Å²) in [5, 5.41) is 0. The molecule has 1 aromatic carbocycles. The van der Waals surface area contributed by atoms with Crippen LogP contribution in [-0.4, -0.2) is 11.1 Å². The first-order valence-corrected chi connectivity index (χ1v) is 5.67. The van der Waals surface area contributed by atoms with Crippen LogP contribution in [0.25, 0.3) is 5.69 Å². The van der Waals surface area contributed by atoms with Crippen molar-refractivity contribution in [3.8, 4) is 5.69 Å². The van der Waals surface area contributed by atoms with E-state index in [0.29, 0.717) is 6.54 Å². The fourth-order valence-electron chi connectivity index (χ4n) is 2.14. The van der Waals surface area contributed by atoms with Crippen molar-refractivity contribution in [3.63, 3.8) is 0 Å². The summed E-state index contributed by atoms with van der Waals surface area (Å²) in [6, 6.07) is 12.8. The predicted molar refractivity (Wildman–Crippen MR) is 68.0 cm³/mol. The van der Waals surface area contributed by atoms with E-state index in [1.807, 2.05) is 0 Å². The molecule has 0 fully saturated rings. The van der Waals surface area contributed by atoms with Gasteiger partial charge < -0.3 is 10.3 Å². The molecule has 0 saturated heterocycles. The van der Waals surface area contributed by atoms with Gasteiger partial charge in [-0.3, -0.25) is 0 Å². The van der Waals surface area contributed by atoms with Crippen molar-refractivity contribution in [2.45, 2.75) is 20.3 Å². The van der Waals surface area contributed by atoms with Gasteiger partial charge in [-0.15, -0.1) is 0 Å². The smallest absolute Gasteiger partial charge is 0.0487 e. The molecule has 0 aliphatic heterocycles. The molecular formula is C14H18N2. The maximum Gasteiger partial charge on any atom is 0.0487 e. The summed E-state index contributed by atoms with van der Waals surface area (Å²) in [6.45, 7) is 4.95. The molecule has 1 heterocycles. The maximum absolute atomic E-state index is 5.65. The molecule has 0 aliphatic rings. The van der Waals surface area contributed by atoms with E-state index < -0.39 is 0 Å². The number of hydrogen-bond acceptors (Lipinski definition) is 1. The Morgan fingerprint density at radius 3 is 2.25 bits per heavy atom. The van der Waals surface area contributed by atoms with Gasteiger partial charge in [-0.25, -0.2) is 0 Å². The fourth-order valence-corrected chi connectivity index (χ4v) is 2.14. The van der Waals surface area contributed by atoms with E-state index in [2.05, 4.69) is 54.8 Å². The average molecular weight is 214 g/mol. The number of aryl methyl sites for hydroxylation is 2. The molecule has 0 bridgehead atoms. The zero-order valence-electron chi connectivity index (χ0n) is 9.90. The van der Waals surface area contributed by atoms with Gasteiger partial charge in [0.15, 0.2) is 0 Å². The first kappa shape index (κ1) is 11.0. The van der Waals surface area contributed by atoms with Gasteiger partial charge in [0, 0.05) is 17.1 Å². The van der Waals surface area contributed by atoms with Crippen LogP contribution in [0.4, 0.5) is 0 Å². The Hall–Kier alpha value is -1.54. The van der Waals surface area contributed by atoms with Crippen LogP contribution in [0.1, 0.15) is 17.0 Å². The molecule has 2 heteroatoms. The SMILES string of the molecule is Cc1ccc(C)n1-c1ccccc1CCN. The van der Waals surface area contributed by atoms with E-state index in [9.17, 15) is 0 Å². The van der Waals surface area contributed by atoms with Crippen LogP contribution in [0.5, 0.6) is 0 Å². The van der Waals surface area contributed by atoms with Gasteiger partial charge in [0.1, 0.15) is 0 Å². The van der Waals surface area contributed by atoms with Crippen LogP contribution in [-0.2, 0) is 6.42 Å². The largest absolute Gasteiger partial charge is 0.330 e. The van der Waals surface area contributed by atoms with Crippen LogP contribution in [0.2, 0.25) is 0 Å². The summed E-state index contributed by atoms with van der Waals surface area (Å²) in [5.74, 6) is 0. The summed E-state index contributed by atoms with van der Waals surface area (Å²) in [4.78, 5) is 0. The molecule has 0 amide bonds. The number of rotatable bonds is 3. The summed E-state index contributed by atoms with van der Waals surface area (Å²) >= 11 is 0. The van der Waals surface area contributed by atoms with E-state index in [-0.39, 0.29) is 0 Å². The Bertz CT molecular complexity index is 464. The van der Waals surface area contributed by atoms with E-state index in [1.54, 1.807) is 0 Å². The molecule has 0 atom stereocenters. The second-order valence-electron chi connectivity index (χ2n) is 4.12. The molecule has 16 heavy (non-hydrogen) atoms. The number of aromatic nitrogens is 1. The van der Waals surface area contributed by atoms with E-state index in [0.717, 1.165) is 6.42 Å². The third-order valence-corrected chi connectivity index (χ3v) is 2.92. The van der Waals surface area contributed by atoms with Gasteiger partial charge in [0.05, 0.1) is 0 Å². The Morgan fingerprint density at radius 1 is 1.00 bits per heavy atom. The van der Waals surface area contributed by atoms with Crippen molar-refractivity contribution >= 4 is 0 Å². The van der Waals surface area contributed by atoms with Gasteiger partial charge in [-0.1, -0.05) is 18.2 Å². The molecule has 1 aromatic heterocycles. The highest BCUT2D eigenvalue weighted by Gasteiger charge is 2.07. The van der Waals surface area contributed by atoms with E-state index in [4.69, 9.17) is 5.73 Å².